The molecule has 0 aliphatic carbocycles. The number of likely N-dealkylation sites (tertiary alicyclic amines) is 1. The number of hydrogen-bond donors (Lipinski definition) is 1. The molecule has 0 spiro atoms. The number of benzene rings is 3. The molecule has 1 saturated heterocycles. The van der Waals surface area contributed by atoms with E-state index in [1.54, 1.807) is 0 Å². The van der Waals surface area contributed by atoms with Crippen LogP contribution in [0.25, 0.3) is 21.7 Å². The minimum Gasteiger partial charge on any atom is -0.376 e. The molecule has 5 aromatic rings. The number of amides is 1. The Balaban J connectivity index is 1.10. The molecule has 1 amide bonds. The van der Waals surface area contributed by atoms with E-state index in [1.807, 2.05) is 82.4 Å². The molecule has 6 heteroatoms. The Morgan fingerprint density at radius 3 is 2.58 bits per heavy atom. The summed E-state index contributed by atoms with van der Waals surface area (Å²) in [5, 5.41) is 6.63. The number of para-hydroxylation sites is 1. The monoisotopic (exact) mass is 500 g/mol. The van der Waals surface area contributed by atoms with Crippen molar-refractivity contribution in [1.82, 2.24) is 14.5 Å². The Morgan fingerprint density at radius 2 is 1.68 bits per heavy atom. The Bertz CT molecular complexity index is 1760. The minimum atomic E-state index is 0.0141. The van der Waals surface area contributed by atoms with Crippen LogP contribution in [-0.4, -0.2) is 33.4 Å². The molecule has 1 N–H and O–H groups in total. The summed E-state index contributed by atoms with van der Waals surface area (Å²) in [6.07, 6.45) is 2.87. The van der Waals surface area contributed by atoms with Crippen LogP contribution in [0.2, 0.25) is 0 Å². The summed E-state index contributed by atoms with van der Waals surface area (Å²) >= 11 is 0. The van der Waals surface area contributed by atoms with Crippen molar-refractivity contribution in [2.24, 2.45) is 5.92 Å². The number of rotatable bonds is 4. The van der Waals surface area contributed by atoms with Gasteiger partial charge in [-0.1, -0.05) is 48.5 Å². The fraction of sp³-hybridized carbons (Fsp3) is 0.219. The summed E-state index contributed by atoms with van der Waals surface area (Å²) in [6.45, 7) is 2.48. The molecular formula is C32H28N4O2. The van der Waals surface area contributed by atoms with Crippen molar-refractivity contribution in [2.45, 2.75) is 25.4 Å². The summed E-state index contributed by atoms with van der Waals surface area (Å²) in [4.78, 5) is 33.4. The van der Waals surface area contributed by atoms with Crippen LogP contribution in [0, 0.1) is 5.92 Å². The highest BCUT2D eigenvalue weighted by Crippen LogP contribution is 2.36. The van der Waals surface area contributed by atoms with E-state index >= 15 is 0 Å². The lowest BCUT2D eigenvalue weighted by atomic mass is 9.83. The molecule has 38 heavy (non-hydrogen) atoms. The number of anilines is 1. The van der Waals surface area contributed by atoms with Crippen LogP contribution in [0.1, 0.15) is 34.0 Å². The third-order valence-electron chi connectivity index (χ3n) is 8.02. The predicted octanol–water partition coefficient (Wildman–Crippen LogP) is 5.42. The molecule has 2 aromatic heterocycles. The van der Waals surface area contributed by atoms with Gasteiger partial charge in [-0.05, 0) is 65.1 Å². The van der Waals surface area contributed by atoms with Crippen molar-refractivity contribution in [3.05, 3.63) is 118 Å². The molecule has 6 nitrogen and oxygen atoms in total. The average molecular weight is 501 g/mol. The Morgan fingerprint density at radius 1 is 0.868 bits per heavy atom. The second-order valence-electron chi connectivity index (χ2n) is 10.5. The quantitative estimate of drug-likeness (QED) is 0.358. The Labute approximate surface area is 220 Å². The molecule has 2 aliphatic rings. The van der Waals surface area contributed by atoms with Crippen molar-refractivity contribution in [2.75, 3.05) is 18.4 Å². The number of nitrogens with one attached hydrogen (secondary N) is 1. The van der Waals surface area contributed by atoms with Crippen LogP contribution < -0.4 is 10.9 Å². The lowest BCUT2D eigenvalue weighted by molar-refractivity contribution is 0.0595. The van der Waals surface area contributed by atoms with E-state index < -0.39 is 0 Å². The van der Waals surface area contributed by atoms with Crippen LogP contribution in [0.5, 0.6) is 0 Å². The van der Waals surface area contributed by atoms with E-state index in [2.05, 4.69) is 28.5 Å². The maximum atomic E-state index is 13.5. The maximum absolute atomic E-state index is 13.5. The zero-order chi connectivity index (χ0) is 25.6. The third kappa shape index (κ3) is 4.02. The van der Waals surface area contributed by atoms with Gasteiger partial charge in [0.25, 0.3) is 11.5 Å². The number of carbonyl (C=O) groups is 1. The first-order valence-electron chi connectivity index (χ1n) is 13.2. The van der Waals surface area contributed by atoms with Crippen LogP contribution in [-0.2, 0) is 13.1 Å². The molecule has 0 saturated carbocycles. The number of nitrogens with zero attached hydrogens (tertiary/aromatic N) is 3. The molecule has 2 atom stereocenters. The first-order valence-corrected chi connectivity index (χ1v) is 13.2. The van der Waals surface area contributed by atoms with Gasteiger partial charge in [0.15, 0.2) is 0 Å². The molecule has 3 aromatic carbocycles. The van der Waals surface area contributed by atoms with Gasteiger partial charge >= 0.3 is 0 Å². The number of hydrogen-bond acceptors (Lipinski definition) is 4. The van der Waals surface area contributed by atoms with Crippen LogP contribution in [0.15, 0.2) is 95.9 Å². The van der Waals surface area contributed by atoms with Crippen molar-refractivity contribution in [3.63, 3.8) is 0 Å². The fourth-order valence-electron chi connectivity index (χ4n) is 6.16. The van der Waals surface area contributed by atoms with Crippen LogP contribution in [0.4, 0.5) is 5.69 Å². The summed E-state index contributed by atoms with van der Waals surface area (Å²) in [5.41, 5.74) is 4.37. The van der Waals surface area contributed by atoms with Gasteiger partial charge in [0.1, 0.15) is 5.69 Å². The Hall–Kier alpha value is -4.45. The molecule has 2 bridgehead atoms. The van der Waals surface area contributed by atoms with E-state index in [0.717, 1.165) is 44.9 Å². The van der Waals surface area contributed by atoms with E-state index in [1.165, 1.54) is 0 Å². The van der Waals surface area contributed by atoms with Gasteiger partial charge in [-0.3, -0.25) is 14.6 Å². The van der Waals surface area contributed by atoms with Gasteiger partial charge in [0, 0.05) is 54.9 Å². The van der Waals surface area contributed by atoms with Gasteiger partial charge in [-0.15, -0.1) is 0 Å². The largest absolute Gasteiger partial charge is 0.376 e. The second kappa shape index (κ2) is 9.14. The highest BCUT2D eigenvalue weighted by molar-refractivity contribution is 5.98. The lowest BCUT2D eigenvalue weighted by Crippen LogP contribution is -2.49. The predicted molar refractivity (Wildman–Crippen MR) is 150 cm³/mol. The highest BCUT2D eigenvalue weighted by atomic mass is 16.2. The Kier molecular flexibility index (Phi) is 5.46. The van der Waals surface area contributed by atoms with Gasteiger partial charge in [-0.2, -0.15) is 0 Å². The maximum Gasteiger partial charge on any atom is 0.274 e. The van der Waals surface area contributed by atoms with Gasteiger partial charge in [0.05, 0.1) is 5.52 Å². The van der Waals surface area contributed by atoms with Crippen molar-refractivity contribution < 1.29 is 4.79 Å². The third-order valence-corrected chi connectivity index (χ3v) is 8.02. The van der Waals surface area contributed by atoms with Crippen LogP contribution in [0.3, 0.4) is 0 Å². The SMILES string of the molecule is O=C(c1ccc2ccccc2c1)N1C[C@H]2C[C@H](C1)c1ccc(NCc3cnc4ccccc4c3)c(=O)n1C2. The summed E-state index contributed by atoms with van der Waals surface area (Å²) in [7, 11) is 0. The summed E-state index contributed by atoms with van der Waals surface area (Å²) in [5.74, 6) is 0.505. The van der Waals surface area contributed by atoms with Crippen molar-refractivity contribution in [1.29, 1.82) is 0 Å². The molecule has 0 unspecified atom stereocenters. The number of fused-ring (bicyclic) bond motifs is 6. The average Bonchev–Trinajstić information content (AvgIpc) is 2.96. The summed E-state index contributed by atoms with van der Waals surface area (Å²) < 4.78 is 1.93. The standard InChI is InChI=1S/C32H28N4O2/c37-31(26-10-9-23-5-1-2-6-24(23)15-26)35-18-22-14-27(20-35)30-12-11-29(32(38)36(30)19-22)34-17-21-13-25-7-3-4-8-28(25)33-16-21/h1-13,15-16,22,27,34H,14,17-20H2/t22-,27-/m1/s1. The minimum absolute atomic E-state index is 0.0141. The number of aromatic nitrogens is 2. The number of pyridine rings is 2. The van der Waals surface area contributed by atoms with E-state index in [-0.39, 0.29) is 23.3 Å². The second-order valence-corrected chi connectivity index (χ2v) is 10.5. The smallest absolute Gasteiger partial charge is 0.274 e. The molecule has 0 radical (unpaired) electrons. The zero-order valence-corrected chi connectivity index (χ0v) is 21.0. The first kappa shape index (κ1) is 22.7. The van der Waals surface area contributed by atoms with Crippen molar-refractivity contribution >= 4 is 33.3 Å². The van der Waals surface area contributed by atoms with Gasteiger partial charge in [0.2, 0.25) is 0 Å². The number of piperidine rings is 1. The van der Waals surface area contributed by atoms with Gasteiger partial charge < -0.3 is 14.8 Å². The van der Waals surface area contributed by atoms with Crippen molar-refractivity contribution in [3.8, 4) is 0 Å². The first-order chi connectivity index (χ1) is 18.6. The topological polar surface area (TPSA) is 67.2 Å². The lowest BCUT2D eigenvalue weighted by Gasteiger charge is -2.43. The molecule has 2 aliphatic heterocycles. The highest BCUT2D eigenvalue weighted by Gasteiger charge is 2.37. The molecular weight excluding hydrogens is 472 g/mol. The summed E-state index contributed by atoms with van der Waals surface area (Å²) in [6, 6.07) is 28.1. The van der Waals surface area contributed by atoms with E-state index in [4.69, 9.17) is 0 Å². The zero-order valence-electron chi connectivity index (χ0n) is 21.0. The fourth-order valence-corrected chi connectivity index (χ4v) is 6.16. The number of carbonyl (C=O) groups excluding carboxylic acids is 1. The normalized spacial score (nSPS) is 18.4. The molecule has 1 fully saturated rings. The van der Waals surface area contributed by atoms with E-state index in [9.17, 15) is 9.59 Å². The van der Waals surface area contributed by atoms with E-state index in [0.29, 0.717) is 31.9 Å². The molecule has 188 valence electrons. The molecule has 7 rings (SSSR count). The molecule has 4 heterocycles. The van der Waals surface area contributed by atoms with Crippen LogP contribution >= 0.6 is 0 Å². The van der Waals surface area contributed by atoms with Gasteiger partial charge in [-0.25, -0.2) is 0 Å².